The highest BCUT2D eigenvalue weighted by Crippen LogP contribution is 2.39. The van der Waals surface area contributed by atoms with E-state index in [-0.39, 0.29) is 11.8 Å². The molecule has 1 heterocycles. The van der Waals surface area contributed by atoms with E-state index in [1.54, 1.807) is 18.2 Å². The Morgan fingerprint density at radius 1 is 1.15 bits per heavy atom. The lowest BCUT2D eigenvalue weighted by atomic mass is 9.92. The van der Waals surface area contributed by atoms with E-state index in [1.165, 1.54) is 0 Å². The fourth-order valence-corrected chi connectivity index (χ4v) is 3.45. The molecule has 0 spiro atoms. The molecule has 0 bridgehead atoms. The average molecular weight is 371 g/mol. The minimum atomic E-state index is -0.203. The fraction of sp³-hybridized carbons (Fsp3) is 0.133. The summed E-state index contributed by atoms with van der Waals surface area (Å²) in [5.41, 5.74) is 2.28. The summed E-state index contributed by atoms with van der Waals surface area (Å²) in [6.07, 6.45) is 0.345. The normalized spacial score (nSPS) is 17.6. The highest BCUT2D eigenvalue weighted by atomic mass is 79.9. The van der Waals surface area contributed by atoms with Crippen LogP contribution in [0.2, 0.25) is 10.0 Å². The molecule has 5 heteroatoms. The van der Waals surface area contributed by atoms with Gasteiger partial charge in [0.1, 0.15) is 0 Å². The molecule has 1 aliphatic rings. The Labute approximate surface area is 135 Å². The van der Waals surface area contributed by atoms with Crippen LogP contribution in [-0.2, 0) is 0 Å². The number of Topliss-reactive ketones (excluding diaryl/α,β-unsaturated/α-hetero) is 1. The molecule has 0 amide bonds. The molecular formula is C15H10BrCl2NO. The summed E-state index contributed by atoms with van der Waals surface area (Å²) in [5, 5.41) is 4.49. The zero-order valence-corrected chi connectivity index (χ0v) is 13.4. The highest BCUT2D eigenvalue weighted by molar-refractivity contribution is 9.10. The summed E-state index contributed by atoms with van der Waals surface area (Å²) >= 11 is 15.9. The van der Waals surface area contributed by atoms with Gasteiger partial charge in [-0.1, -0.05) is 45.2 Å². The zero-order valence-electron chi connectivity index (χ0n) is 10.3. The van der Waals surface area contributed by atoms with Crippen LogP contribution in [0, 0.1) is 0 Å². The number of anilines is 1. The van der Waals surface area contributed by atoms with Crippen LogP contribution in [0.3, 0.4) is 0 Å². The SMILES string of the molecule is O=C1CC(c2c(Cl)cccc2Cl)Nc2cc(Br)ccc21. The largest absolute Gasteiger partial charge is 0.377 e. The van der Waals surface area contributed by atoms with Gasteiger partial charge in [-0.05, 0) is 30.3 Å². The molecule has 2 nitrogen and oxygen atoms in total. The second kappa shape index (κ2) is 5.40. The Morgan fingerprint density at radius 3 is 2.55 bits per heavy atom. The summed E-state index contributed by atoms with van der Waals surface area (Å²) in [6, 6.07) is 10.7. The molecule has 20 heavy (non-hydrogen) atoms. The molecule has 0 aromatic heterocycles. The first kappa shape index (κ1) is 13.9. The molecule has 0 aliphatic carbocycles. The van der Waals surface area contributed by atoms with Crippen molar-refractivity contribution in [1.29, 1.82) is 0 Å². The van der Waals surface area contributed by atoms with Crippen molar-refractivity contribution in [3.63, 3.8) is 0 Å². The number of benzene rings is 2. The number of rotatable bonds is 1. The second-order valence-corrected chi connectivity index (χ2v) is 6.38. The van der Waals surface area contributed by atoms with Gasteiger partial charge in [-0.15, -0.1) is 0 Å². The summed E-state index contributed by atoms with van der Waals surface area (Å²) in [7, 11) is 0. The number of halogens is 3. The molecular weight excluding hydrogens is 361 g/mol. The quantitative estimate of drug-likeness (QED) is 0.718. The number of carbonyl (C=O) groups excluding carboxylic acids is 1. The maximum atomic E-state index is 12.3. The number of fused-ring (bicyclic) bond motifs is 1. The molecule has 0 fully saturated rings. The van der Waals surface area contributed by atoms with Crippen LogP contribution in [0.5, 0.6) is 0 Å². The molecule has 0 saturated heterocycles. The Bertz CT molecular complexity index is 682. The van der Waals surface area contributed by atoms with Gasteiger partial charge in [0.25, 0.3) is 0 Å². The molecule has 2 aromatic rings. The maximum absolute atomic E-state index is 12.3. The van der Waals surface area contributed by atoms with Gasteiger partial charge in [0.15, 0.2) is 5.78 Å². The number of carbonyl (C=O) groups is 1. The predicted molar refractivity (Wildman–Crippen MR) is 85.9 cm³/mol. The second-order valence-electron chi connectivity index (χ2n) is 4.65. The van der Waals surface area contributed by atoms with E-state index in [0.717, 1.165) is 15.7 Å². The number of nitrogens with one attached hydrogen (secondary N) is 1. The van der Waals surface area contributed by atoms with Crippen molar-refractivity contribution in [2.24, 2.45) is 0 Å². The summed E-state index contributed by atoms with van der Waals surface area (Å²) in [6.45, 7) is 0. The van der Waals surface area contributed by atoms with Gasteiger partial charge in [-0.2, -0.15) is 0 Å². The standard InChI is InChI=1S/C15H10BrCl2NO/c16-8-4-5-9-12(6-8)19-13(7-14(9)20)15-10(17)2-1-3-11(15)18/h1-6,13,19H,7H2. The molecule has 0 radical (unpaired) electrons. The molecule has 1 atom stereocenters. The Balaban J connectivity index is 2.05. The Hall–Kier alpha value is -1.03. The smallest absolute Gasteiger partial charge is 0.167 e. The van der Waals surface area contributed by atoms with Gasteiger partial charge in [0.2, 0.25) is 0 Å². The average Bonchev–Trinajstić information content (AvgIpc) is 2.38. The first-order valence-corrected chi connectivity index (χ1v) is 7.64. The molecule has 102 valence electrons. The third-order valence-corrected chi connectivity index (χ3v) is 4.50. The van der Waals surface area contributed by atoms with Gasteiger partial charge in [0.05, 0.1) is 6.04 Å². The third kappa shape index (κ3) is 2.46. The van der Waals surface area contributed by atoms with E-state index in [2.05, 4.69) is 21.2 Å². The lowest BCUT2D eigenvalue weighted by Gasteiger charge is -2.28. The minimum absolute atomic E-state index is 0.0900. The topological polar surface area (TPSA) is 29.1 Å². The molecule has 2 aromatic carbocycles. The van der Waals surface area contributed by atoms with Crippen molar-refractivity contribution in [2.75, 3.05) is 5.32 Å². The van der Waals surface area contributed by atoms with E-state index in [1.807, 2.05) is 18.2 Å². The third-order valence-electron chi connectivity index (χ3n) is 3.35. The van der Waals surface area contributed by atoms with Gasteiger partial charge in [0, 0.05) is 37.8 Å². The Morgan fingerprint density at radius 2 is 1.85 bits per heavy atom. The van der Waals surface area contributed by atoms with E-state index in [0.29, 0.717) is 22.0 Å². The molecule has 3 rings (SSSR count). The molecule has 0 saturated carbocycles. The number of ketones is 1. The molecule has 1 aliphatic heterocycles. The van der Waals surface area contributed by atoms with Crippen molar-refractivity contribution < 1.29 is 4.79 Å². The van der Waals surface area contributed by atoms with Crippen molar-refractivity contribution in [2.45, 2.75) is 12.5 Å². The van der Waals surface area contributed by atoms with Crippen molar-refractivity contribution in [3.8, 4) is 0 Å². The Kier molecular flexibility index (Phi) is 3.76. The van der Waals surface area contributed by atoms with E-state index < -0.39 is 0 Å². The highest BCUT2D eigenvalue weighted by Gasteiger charge is 2.28. The van der Waals surface area contributed by atoms with Gasteiger partial charge >= 0.3 is 0 Å². The van der Waals surface area contributed by atoms with Gasteiger partial charge in [-0.3, -0.25) is 4.79 Å². The zero-order chi connectivity index (χ0) is 14.3. The lowest BCUT2D eigenvalue weighted by Crippen LogP contribution is -2.23. The molecule has 1 unspecified atom stereocenters. The number of hydrogen-bond donors (Lipinski definition) is 1. The fourth-order valence-electron chi connectivity index (χ4n) is 2.43. The van der Waals surface area contributed by atoms with Crippen LogP contribution in [0.4, 0.5) is 5.69 Å². The lowest BCUT2D eigenvalue weighted by molar-refractivity contribution is 0.0972. The van der Waals surface area contributed by atoms with E-state index in [4.69, 9.17) is 23.2 Å². The number of hydrogen-bond acceptors (Lipinski definition) is 2. The summed E-state index contributed by atoms with van der Waals surface area (Å²) < 4.78 is 0.919. The monoisotopic (exact) mass is 369 g/mol. The molecule has 1 N–H and O–H groups in total. The van der Waals surface area contributed by atoms with Gasteiger partial charge in [-0.25, -0.2) is 0 Å². The van der Waals surface area contributed by atoms with Crippen LogP contribution >= 0.6 is 39.1 Å². The van der Waals surface area contributed by atoms with Crippen molar-refractivity contribution in [1.82, 2.24) is 0 Å². The summed E-state index contributed by atoms with van der Waals surface area (Å²) in [4.78, 5) is 12.3. The van der Waals surface area contributed by atoms with E-state index >= 15 is 0 Å². The van der Waals surface area contributed by atoms with Gasteiger partial charge < -0.3 is 5.32 Å². The predicted octanol–water partition coefficient (Wildman–Crippen LogP) is 5.50. The summed E-state index contributed by atoms with van der Waals surface area (Å²) in [5.74, 6) is 0.0900. The maximum Gasteiger partial charge on any atom is 0.167 e. The van der Waals surface area contributed by atoms with Crippen LogP contribution in [0.15, 0.2) is 40.9 Å². The van der Waals surface area contributed by atoms with Crippen LogP contribution < -0.4 is 5.32 Å². The van der Waals surface area contributed by atoms with Crippen LogP contribution in [0.1, 0.15) is 28.4 Å². The van der Waals surface area contributed by atoms with Crippen LogP contribution in [-0.4, -0.2) is 5.78 Å². The van der Waals surface area contributed by atoms with Crippen molar-refractivity contribution >= 4 is 50.6 Å². The minimum Gasteiger partial charge on any atom is -0.377 e. The first-order valence-electron chi connectivity index (χ1n) is 6.09. The van der Waals surface area contributed by atoms with Crippen LogP contribution in [0.25, 0.3) is 0 Å². The van der Waals surface area contributed by atoms with E-state index in [9.17, 15) is 4.79 Å². The van der Waals surface area contributed by atoms with Crippen molar-refractivity contribution in [3.05, 3.63) is 62.0 Å². The first-order chi connectivity index (χ1) is 9.56.